The number of fused-ring (bicyclic) bond motifs is 3. The van der Waals surface area contributed by atoms with Crippen molar-refractivity contribution in [2.24, 2.45) is 5.73 Å². The zero-order valence-electron chi connectivity index (χ0n) is 21.6. The van der Waals surface area contributed by atoms with Gasteiger partial charge in [-0.1, -0.05) is 53.4 Å². The molecule has 0 spiro atoms. The van der Waals surface area contributed by atoms with Crippen molar-refractivity contribution >= 4 is 38.8 Å². The number of para-hydroxylation sites is 1. The fraction of sp³-hybridized carbons (Fsp3) is 0.200. The van der Waals surface area contributed by atoms with Gasteiger partial charge in [-0.25, -0.2) is 9.78 Å². The highest BCUT2D eigenvalue weighted by Gasteiger charge is 2.22. The van der Waals surface area contributed by atoms with Crippen molar-refractivity contribution < 1.29 is 9.63 Å². The van der Waals surface area contributed by atoms with E-state index < -0.39 is 5.97 Å². The lowest BCUT2D eigenvalue weighted by atomic mass is 10.0. The minimum absolute atomic E-state index is 0.270. The second kappa shape index (κ2) is 10.2. The SMILES string of the molecule is CC(=O)On1ncc2cc3[nH]c(=O)c(-c4c(Cc5ccccc5)n(CCCCN)c5ccccc45)nc3cc21. The van der Waals surface area contributed by atoms with Crippen LogP contribution < -0.4 is 16.1 Å². The van der Waals surface area contributed by atoms with Gasteiger partial charge in [0.05, 0.1) is 17.2 Å². The van der Waals surface area contributed by atoms with Crippen molar-refractivity contribution in [2.75, 3.05) is 6.54 Å². The molecule has 0 saturated heterocycles. The van der Waals surface area contributed by atoms with E-state index in [2.05, 4.69) is 32.8 Å². The molecule has 3 N–H and O–H groups in total. The third kappa shape index (κ3) is 4.57. The lowest BCUT2D eigenvalue weighted by molar-refractivity contribution is -0.142. The standard InChI is InChI=1S/C30H28N6O3/c1-19(37)39-36-26-17-24-23(16-21(26)18-32-36)34-30(38)29(33-24)28-22-11-5-6-12-25(22)35(14-8-7-13-31)27(28)15-20-9-3-2-4-10-20/h2-6,9-12,16-18H,7-8,13-15,31H2,1H3,(H,34,38). The molecule has 6 rings (SSSR count). The summed E-state index contributed by atoms with van der Waals surface area (Å²) in [6.45, 7) is 2.73. The minimum atomic E-state index is -0.483. The first-order chi connectivity index (χ1) is 19.0. The van der Waals surface area contributed by atoms with E-state index in [1.54, 1.807) is 18.3 Å². The van der Waals surface area contributed by atoms with Crippen molar-refractivity contribution in [3.8, 4) is 11.3 Å². The minimum Gasteiger partial charge on any atom is -0.344 e. The van der Waals surface area contributed by atoms with Gasteiger partial charge in [0.25, 0.3) is 5.56 Å². The Bertz CT molecular complexity index is 1880. The smallest absolute Gasteiger partial charge is 0.331 e. The molecule has 0 atom stereocenters. The summed E-state index contributed by atoms with van der Waals surface area (Å²) in [5, 5.41) is 5.83. The van der Waals surface area contributed by atoms with E-state index in [9.17, 15) is 9.59 Å². The Hall–Kier alpha value is -4.76. The highest BCUT2D eigenvalue weighted by Crippen LogP contribution is 2.35. The maximum atomic E-state index is 13.6. The topological polar surface area (TPSA) is 121 Å². The Morgan fingerprint density at radius 2 is 1.82 bits per heavy atom. The number of aryl methyl sites for hydroxylation is 1. The van der Waals surface area contributed by atoms with Gasteiger partial charge in [-0.2, -0.15) is 0 Å². The summed E-state index contributed by atoms with van der Waals surface area (Å²) in [6.07, 6.45) is 4.06. The van der Waals surface area contributed by atoms with Crippen molar-refractivity contribution in [3.05, 3.63) is 94.5 Å². The van der Waals surface area contributed by atoms with E-state index in [4.69, 9.17) is 15.6 Å². The molecule has 0 aliphatic heterocycles. The monoisotopic (exact) mass is 520 g/mol. The Balaban J connectivity index is 1.59. The number of carbonyl (C=O) groups is 1. The first kappa shape index (κ1) is 24.6. The van der Waals surface area contributed by atoms with E-state index in [1.165, 1.54) is 11.8 Å². The maximum Gasteiger partial charge on any atom is 0.331 e. The summed E-state index contributed by atoms with van der Waals surface area (Å²) in [7, 11) is 0. The molecule has 39 heavy (non-hydrogen) atoms. The zero-order valence-corrected chi connectivity index (χ0v) is 21.6. The number of nitrogens with two attached hydrogens (primary N) is 1. The normalized spacial score (nSPS) is 11.5. The van der Waals surface area contributed by atoms with Crippen LogP contribution in [0, 0.1) is 0 Å². The van der Waals surface area contributed by atoms with Crippen LogP contribution in [0.5, 0.6) is 0 Å². The quantitative estimate of drug-likeness (QED) is 0.290. The Labute approximate surface area is 223 Å². The highest BCUT2D eigenvalue weighted by atomic mass is 16.7. The van der Waals surface area contributed by atoms with E-state index >= 15 is 0 Å². The number of hydrogen-bond donors (Lipinski definition) is 2. The largest absolute Gasteiger partial charge is 0.344 e. The number of rotatable bonds is 8. The van der Waals surface area contributed by atoms with Crippen molar-refractivity contribution in [1.29, 1.82) is 0 Å². The maximum absolute atomic E-state index is 13.6. The molecule has 0 saturated carbocycles. The van der Waals surface area contributed by atoms with Gasteiger partial charge in [-0.05, 0) is 43.1 Å². The van der Waals surface area contributed by atoms with Gasteiger partial charge < -0.3 is 20.1 Å². The second-order valence-electron chi connectivity index (χ2n) is 9.59. The Morgan fingerprint density at radius 1 is 1.03 bits per heavy atom. The summed E-state index contributed by atoms with van der Waals surface area (Å²) in [5.74, 6) is -0.483. The Kier molecular flexibility index (Phi) is 6.42. The molecule has 3 aromatic heterocycles. The predicted octanol–water partition coefficient (Wildman–Crippen LogP) is 4.20. The van der Waals surface area contributed by atoms with Gasteiger partial charge in [0.2, 0.25) is 0 Å². The Morgan fingerprint density at radius 3 is 2.62 bits per heavy atom. The van der Waals surface area contributed by atoms with Crippen LogP contribution in [0.4, 0.5) is 0 Å². The molecular formula is C30H28N6O3. The average Bonchev–Trinajstić information content (AvgIpc) is 3.45. The van der Waals surface area contributed by atoms with E-state index in [0.717, 1.165) is 52.5 Å². The van der Waals surface area contributed by atoms with E-state index in [1.807, 2.05) is 36.4 Å². The van der Waals surface area contributed by atoms with Crippen LogP contribution in [0.3, 0.4) is 0 Å². The number of hydrogen-bond acceptors (Lipinski definition) is 6. The van der Waals surface area contributed by atoms with Crippen LogP contribution in [0.1, 0.15) is 31.0 Å². The number of benzene rings is 3. The fourth-order valence-electron chi connectivity index (χ4n) is 5.21. The molecule has 0 aliphatic rings. The fourth-order valence-corrected chi connectivity index (χ4v) is 5.21. The van der Waals surface area contributed by atoms with Crippen LogP contribution in [-0.2, 0) is 17.8 Å². The molecule has 0 radical (unpaired) electrons. The molecule has 9 heteroatoms. The summed E-state index contributed by atoms with van der Waals surface area (Å²) in [6, 6.07) is 21.9. The molecule has 0 amide bonds. The lowest BCUT2D eigenvalue weighted by Gasteiger charge is -2.13. The molecule has 0 unspecified atom stereocenters. The third-order valence-corrected chi connectivity index (χ3v) is 6.93. The number of nitrogens with one attached hydrogen (secondary N) is 1. The second-order valence-corrected chi connectivity index (χ2v) is 9.59. The molecule has 196 valence electrons. The van der Waals surface area contributed by atoms with Gasteiger partial charge in [0, 0.05) is 47.4 Å². The predicted molar refractivity (Wildman–Crippen MR) is 151 cm³/mol. The van der Waals surface area contributed by atoms with Gasteiger partial charge >= 0.3 is 5.97 Å². The van der Waals surface area contributed by atoms with E-state index in [-0.39, 0.29) is 5.56 Å². The lowest BCUT2D eigenvalue weighted by Crippen LogP contribution is -2.17. The van der Waals surface area contributed by atoms with Gasteiger partial charge in [0.1, 0.15) is 11.2 Å². The molecule has 6 aromatic rings. The van der Waals surface area contributed by atoms with Crippen LogP contribution in [0.25, 0.3) is 44.1 Å². The van der Waals surface area contributed by atoms with E-state index in [0.29, 0.717) is 35.2 Å². The number of H-pyrrole nitrogens is 1. The van der Waals surface area contributed by atoms with Crippen molar-refractivity contribution in [2.45, 2.75) is 32.7 Å². The number of unbranched alkanes of at least 4 members (excludes halogenated alkanes) is 1. The van der Waals surface area contributed by atoms with Crippen LogP contribution >= 0.6 is 0 Å². The molecule has 0 fully saturated rings. The summed E-state index contributed by atoms with van der Waals surface area (Å²) < 4.78 is 2.30. The van der Waals surface area contributed by atoms with Gasteiger partial charge in [-0.3, -0.25) is 4.79 Å². The number of carbonyl (C=O) groups excluding carboxylic acids is 1. The first-order valence-corrected chi connectivity index (χ1v) is 13.0. The van der Waals surface area contributed by atoms with Crippen LogP contribution in [0.15, 0.2) is 77.7 Å². The molecule has 0 aliphatic carbocycles. The van der Waals surface area contributed by atoms with Crippen molar-refractivity contribution in [3.63, 3.8) is 0 Å². The number of aromatic nitrogens is 5. The number of aromatic amines is 1. The number of nitrogens with zero attached hydrogens (tertiary/aromatic N) is 4. The average molecular weight is 521 g/mol. The first-order valence-electron chi connectivity index (χ1n) is 13.0. The molecule has 3 aromatic carbocycles. The van der Waals surface area contributed by atoms with Gasteiger partial charge in [-0.15, -0.1) is 5.10 Å². The molecule has 0 bridgehead atoms. The highest BCUT2D eigenvalue weighted by molar-refractivity contribution is 5.99. The van der Waals surface area contributed by atoms with Crippen molar-refractivity contribution in [1.82, 2.24) is 24.5 Å². The van der Waals surface area contributed by atoms with Gasteiger partial charge in [0.15, 0.2) is 0 Å². The van der Waals surface area contributed by atoms with Crippen LogP contribution in [-0.4, -0.2) is 37.0 Å². The summed E-state index contributed by atoms with van der Waals surface area (Å²) in [5.41, 5.74) is 11.7. The summed E-state index contributed by atoms with van der Waals surface area (Å²) >= 11 is 0. The molecule has 9 nitrogen and oxygen atoms in total. The zero-order chi connectivity index (χ0) is 26.9. The summed E-state index contributed by atoms with van der Waals surface area (Å²) in [4.78, 5) is 39.5. The third-order valence-electron chi connectivity index (χ3n) is 6.93. The van der Waals surface area contributed by atoms with Crippen LogP contribution in [0.2, 0.25) is 0 Å². The molecular weight excluding hydrogens is 492 g/mol. The molecule has 3 heterocycles.